The van der Waals surface area contributed by atoms with Crippen molar-refractivity contribution in [3.8, 4) is 0 Å². The van der Waals surface area contributed by atoms with E-state index in [1.807, 2.05) is 0 Å². The van der Waals surface area contributed by atoms with E-state index in [1.54, 1.807) is 0 Å². The fraction of sp³-hybridized carbons (Fsp3) is 0. The van der Waals surface area contributed by atoms with Crippen molar-refractivity contribution >= 4 is 12.3 Å². The molecular formula is C2H2O7Zn2. The van der Waals surface area contributed by atoms with Gasteiger partial charge in [-0.1, -0.05) is 0 Å². The van der Waals surface area contributed by atoms with Crippen LogP contribution in [0.4, 0.5) is 9.59 Å². The minimum Gasteiger partial charge on any atom is -0.870 e. The Balaban J connectivity index is -0.0000000171. The molecule has 0 aliphatic carbocycles. The number of hydrogen-bond acceptors (Lipinski definition) is 6. The van der Waals surface area contributed by atoms with Crippen molar-refractivity contribution in [1.82, 2.24) is 0 Å². The van der Waals surface area contributed by atoms with Crippen LogP contribution in [-0.2, 0) is 39.0 Å². The molecule has 2 N–H and O–H groups in total. The second-order valence-electron chi connectivity index (χ2n) is 0.516. The first-order valence-electron chi connectivity index (χ1n) is 1.24. The summed E-state index contributed by atoms with van der Waals surface area (Å²) >= 11 is 0. The Morgan fingerprint density at radius 2 is 1.00 bits per heavy atom. The molecule has 7 nitrogen and oxygen atoms in total. The van der Waals surface area contributed by atoms with Crippen molar-refractivity contribution in [2.24, 2.45) is 0 Å². The summed E-state index contributed by atoms with van der Waals surface area (Å²) in [4.78, 5) is 16.8. The monoisotopic (exact) mass is 266 g/mol. The Kier molecular flexibility index (Phi) is 63.5. The summed E-state index contributed by atoms with van der Waals surface area (Å²) in [6.07, 6.45) is -4.42. The second kappa shape index (κ2) is 22.6. The zero-order valence-corrected chi connectivity index (χ0v) is 11.3. The molecule has 0 fully saturated rings. The van der Waals surface area contributed by atoms with Gasteiger partial charge in [0.15, 0.2) is 0 Å². The second-order valence-corrected chi connectivity index (χ2v) is 0.516. The first-order chi connectivity index (χ1) is 3.46. The van der Waals surface area contributed by atoms with Gasteiger partial charge in [-0.25, -0.2) is 0 Å². The largest absolute Gasteiger partial charge is 2.00 e. The molecule has 0 rings (SSSR count). The molecule has 0 aromatic heterocycles. The minimum atomic E-state index is -2.33. The fourth-order valence-electron chi connectivity index (χ4n) is 0. The smallest absolute Gasteiger partial charge is 0.870 e. The molecule has 0 unspecified atom stereocenters. The Hall–Kier alpha value is -0.253. The normalized spacial score (nSPS) is 4.36. The van der Waals surface area contributed by atoms with Crippen LogP contribution in [0.2, 0.25) is 0 Å². The molecule has 9 heteroatoms. The van der Waals surface area contributed by atoms with E-state index in [1.165, 1.54) is 0 Å². The van der Waals surface area contributed by atoms with Crippen LogP contribution < -0.4 is 15.3 Å². The molecule has 0 aliphatic heterocycles. The molecule has 0 bridgehead atoms. The van der Waals surface area contributed by atoms with E-state index >= 15 is 0 Å². The van der Waals surface area contributed by atoms with Crippen LogP contribution in [0.5, 0.6) is 0 Å². The molecule has 0 amide bonds. The predicted octanol–water partition coefficient (Wildman–Crippen LogP) is -3.74. The summed E-state index contributed by atoms with van der Waals surface area (Å²) < 4.78 is 0. The van der Waals surface area contributed by atoms with Gasteiger partial charge in [-0.2, -0.15) is 0 Å². The third kappa shape index (κ3) is 9120. The molecule has 0 aliphatic rings. The first kappa shape index (κ1) is 30.9. The average Bonchev–Trinajstić information content (AvgIpc) is 1.25. The quantitative estimate of drug-likeness (QED) is 0.443. The van der Waals surface area contributed by atoms with Gasteiger partial charge < -0.3 is 35.5 Å². The van der Waals surface area contributed by atoms with Gasteiger partial charge in [0.25, 0.3) is 0 Å². The van der Waals surface area contributed by atoms with Crippen LogP contribution >= 0.6 is 0 Å². The van der Waals surface area contributed by atoms with Crippen molar-refractivity contribution in [3.63, 3.8) is 0 Å². The Bertz CT molecular complexity index is 72.4. The van der Waals surface area contributed by atoms with Crippen LogP contribution in [0.25, 0.3) is 0 Å². The molecule has 0 saturated heterocycles. The van der Waals surface area contributed by atoms with Crippen molar-refractivity contribution in [2.45, 2.75) is 0 Å². The summed E-state index contributed by atoms with van der Waals surface area (Å²) in [5.41, 5.74) is 0. The van der Waals surface area contributed by atoms with Crippen LogP contribution in [0.3, 0.4) is 0 Å². The Morgan fingerprint density at radius 1 is 1.00 bits per heavy atom. The molecule has 0 heterocycles. The Labute approximate surface area is 86.9 Å². The van der Waals surface area contributed by atoms with Crippen LogP contribution in [0.15, 0.2) is 0 Å². The molecule has 0 atom stereocenters. The van der Waals surface area contributed by atoms with Gasteiger partial charge in [-0.3, -0.25) is 0 Å². The summed E-state index contributed by atoms with van der Waals surface area (Å²) in [6, 6.07) is 0. The maximum Gasteiger partial charge on any atom is 2.00 e. The summed E-state index contributed by atoms with van der Waals surface area (Å²) in [5, 5.41) is 32.0. The van der Waals surface area contributed by atoms with E-state index in [-0.39, 0.29) is 44.4 Å². The van der Waals surface area contributed by atoms with Gasteiger partial charge in [0.1, 0.15) is 0 Å². The number of carbonyl (C=O) groups excluding carboxylic acids is 1. The molecule has 0 aromatic rings. The molecule has 11 heavy (non-hydrogen) atoms. The summed E-state index contributed by atoms with van der Waals surface area (Å²) in [6.45, 7) is 0. The third-order valence-electron chi connectivity index (χ3n) is 0. The van der Waals surface area contributed by atoms with Crippen molar-refractivity contribution < 1.29 is 74.4 Å². The van der Waals surface area contributed by atoms with Gasteiger partial charge in [0, 0.05) is 0 Å². The SMILES string of the molecule is O=C([O-])O.O=C([O-])[O-].[OH-].[Zn+2].[Zn+2]. The number of rotatable bonds is 0. The van der Waals surface area contributed by atoms with Gasteiger partial charge >= 0.3 is 39.0 Å². The van der Waals surface area contributed by atoms with Gasteiger partial charge in [-0.15, -0.1) is 0 Å². The molecule has 56 valence electrons. The van der Waals surface area contributed by atoms with E-state index in [0.29, 0.717) is 0 Å². The van der Waals surface area contributed by atoms with Gasteiger partial charge in [0.2, 0.25) is 6.16 Å². The topological polar surface area (TPSA) is 154 Å². The number of carbonyl (C=O) groups is 2. The molecule has 0 spiro atoms. The van der Waals surface area contributed by atoms with E-state index in [2.05, 4.69) is 0 Å². The van der Waals surface area contributed by atoms with Crippen molar-refractivity contribution in [1.29, 1.82) is 0 Å². The molecule has 0 radical (unpaired) electrons. The van der Waals surface area contributed by atoms with Crippen molar-refractivity contribution in [3.05, 3.63) is 0 Å². The number of hydrogen-bond donors (Lipinski definition) is 1. The van der Waals surface area contributed by atoms with E-state index in [9.17, 15) is 0 Å². The van der Waals surface area contributed by atoms with E-state index < -0.39 is 12.3 Å². The summed E-state index contributed by atoms with van der Waals surface area (Å²) in [5.74, 6) is 0. The first-order valence-corrected chi connectivity index (χ1v) is 1.24. The van der Waals surface area contributed by atoms with Crippen LogP contribution in [0, 0.1) is 0 Å². The average molecular weight is 269 g/mol. The van der Waals surface area contributed by atoms with E-state index in [0.717, 1.165) is 0 Å². The van der Waals surface area contributed by atoms with Gasteiger partial charge in [-0.05, 0) is 6.16 Å². The van der Waals surface area contributed by atoms with Crippen LogP contribution in [0.1, 0.15) is 0 Å². The maximum atomic E-state index is 8.44. The molecule has 0 saturated carbocycles. The predicted molar refractivity (Wildman–Crippen MR) is 15.4 cm³/mol. The zero-order valence-electron chi connectivity index (χ0n) is 5.35. The Morgan fingerprint density at radius 3 is 1.00 bits per heavy atom. The fourth-order valence-corrected chi connectivity index (χ4v) is 0. The number of carboxylic acid groups (broad SMARTS) is 4. The standard InChI is InChI=1S/2CH2O3.H2O.2Zn/c2*2-1(3)4;;;/h2*(H2,2,3,4);1H2;;/q;;;2*+2/p-4. The van der Waals surface area contributed by atoms with E-state index in [4.69, 9.17) is 30.0 Å². The zero-order chi connectivity index (χ0) is 7.15. The maximum absolute atomic E-state index is 8.44. The molecule has 0 aromatic carbocycles. The van der Waals surface area contributed by atoms with Crippen LogP contribution in [-0.4, -0.2) is 22.9 Å². The van der Waals surface area contributed by atoms with Crippen molar-refractivity contribution in [2.75, 3.05) is 0 Å². The third-order valence-corrected chi connectivity index (χ3v) is 0. The minimum absolute atomic E-state index is 0. The molecular weight excluding hydrogens is 267 g/mol. The van der Waals surface area contributed by atoms with Gasteiger partial charge in [0.05, 0.1) is 0 Å². The summed E-state index contributed by atoms with van der Waals surface area (Å²) in [7, 11) is 0.